The highest BCUT2D eigenvalue weighted by molar-refractivity contribution is 7.89. The summed E-state index contributed by atoms with van der Waals surface area (Å²) in [5.41, 5.74) is 0. The molecule has 25 heavy (non-hydrogen) atoms. The van der Waals surface area contributed by atoms with Gasteiger partial charge in [0.15, 0.2) is 0 Å². The van der Waals surface area contributed by atoms with Crippen molar-refractivity contribution >= 4 is 10.0 Å². The first-order chi connectivity index (χ1) is 12.2. The van der Waals surface area contributed by atoms with Gasteiger partial charge in [-0.25, -0.2) is 12.7 Å². The van der Waals surface area contributed by atoms with Gasteiger partial charge < -0.3 is 4.57 Å². The number of fused-ring (bicyclic) bond motifs is 1. The summed E-state index contributed by atoms with van der Waals surface area (Å²) >= 11 is 0. The highest BCUT2D eigenvalue weighted by atomic mass is 32.2. The van der Waals surface area contributed by atoms with Crippen LogP contribution in [0.2, 0.25) is 0 Å². The van der Waals surface area contributed by atoms with Crippen molar-refractivity contribution in [1.82, 2.24) is 19.1 Å². The van der Waals surface area contributed by atoms with Gasteiger partial charge in [-0.3, -0.25) is 0 Å². The molecule has 140 valence electrons. The number of nitrogens with zero attached hydrogens (tertiary/aromatic N) is 4. The molecule has 6 nitrogen and oxygen atoms in total. The standard InChI is InChI=1S/C18H30N4O2S/c23-25(24,16-7-3-1-4-8-16)21-13-10-15(11-14-21)18-20-19-17-9-5-2-6-12-22(17)18/h15-16H,1-14H2. The maximum Gasteiger partial charge on any atom is 0.216 e. The van der Waals surface area contributed by atoms with Crippen molar-refractivity contribution in [3.8, 4) is 0 Å². The van der Waals surface area contributed by atoms with Crippen molar-refractivity contribution in [3.05, 3.63) is 11.6 Å². The molecule has 0 bridgehead atoms. The summed E-state index contributed by atoms with van der Waals surface area (Å²) in [7, 11) is -3.11. The molecule has 0 N–H and O–H groups in total. The molecule has 0 aromatic carbocycles. The second-order valence-corrected chi connectivity index (χ2v) is 10.1. The first-order valence-corrected chi connectivity index (χ1v) is 11.6. The molecule has 7 heteroatoms. The fourth-order valence-electron chi connectivity index (χ4n) is 4.75. The van der Waals surface area contributed by atoms with Crippen molar-refractivity contribution in [2.75, 3.05) is 13.1 Å². The van der Waals surface area contributed by atoms with E-state index in [4.69, 9.17) is 0 Å². The third-order valence-corrected chi connectivity index (χ3v) is 8.69. The molecular formula is C18H30N4O2S. The maximum absolute atomic E-state index is 12.9. The minimum Gasteiger partial charge on any atom is -0.315 e. The van der Waals surface area contributed by atoms with E-state index in [0.717, 1.165) is 63.1 Å². The highest BCUT2D eigenvalue weighted by Gasteiger charge is 2.36. The Bertz CT molecular complexity index is 686. The number of aryl methyl sites for hydroxylation is 1. The molecule has 0 unspecified atom stereocenters. The van der Waals surface area contributed by atoms with Gasteiger partial charge in [-0.2, -0.15) is 0 Å². The van der Waals surface area contributed by atoms with Crippen molar-refractivity contribution in [3.63, 3.8) is 0 Å². The average molecular weight is 367 g/mol. The predicted molar refractivity (Wildman–Crippen MR) is 96.9 cm³/mol. The van der Waals surface area contributed by atoms with E-state index in [1.165, 1.54) is 25.7 Å². The first kappa shape index (κ1) is 17.5. The molecule has 2 fully saturated rings. The van der Waals surface area contributed by atoms with E-state index in [1.807, 2.05) is 0 Å². The van der Waals surface area contributed by atoms with Crippen LogP contribution in [0.4, 0.5) is 0 Å². The Morgan fingerprint density at radius 1 is 0.800 bits per heavy atom. The van der Waals surface area contributed by atoms with E-state index in [0.29, 0.717) is 19.0 Å². The summed E-state index contributed by atoms with van der Waals surface area (Å²) < 4.78 is 29.9. The van der Waals surface area contributed by atoms with Gasteiger partial charge in [-0.15, -0.1) is 10.2 Å². The summed E-state index contributed by atoms with van der Waals surface area (Å²) in [6, 6.07) is 0. The average Bonchev–Trinajstić information content (AvgIpc) is 2.91. The Kier molecular flexibility index (Phi) is 5.13. The van der Waals surface area contributed by atoms with E-state index in [2.05, 4.69) is 14.8 Å². The molecule has 1 aliphatic carbocycles. The molecule has 3 heterocycles. The number of sulfonamides is 1. The summed E-state index contributed by atoms with van der Waals surface area (Å²) in [5, 5.41) is 8.76. The summed E-state index contributed by atoms with van der Waals surface area (Å²) in [4.78, 5) is 0. The fourth-order valence-corrected chi connectivity index (χ4v) is 6.82. The third-order valence-electron chi connectivity index (χ3n) is 6.29. The Balaban J connectivity index is 1.42. The Hall–Kier alpha value is -0.950. The van der Waals surface area contributed by atoms with Gasteiger partial charge in [0.05, 0.1) is 5.25 Å². The maximum atomic E-state index is 12.9. The first-order valence-electron chi connectivity index (χ1n) is 10.1. The van der Waals surface area contributed by atoms with E-state index in [-0.39, 0.29) is 5.25 Å². The molecule has 3 aliphatic rings. The van der Waals surface area contributed by atoms with Gasteiger partial charge >= 0.3 is 0 Å². The van der Waals surface area contributed by atoms with E-state index in [1.54, 1.807) is 4.31 Å². The second-order valence-electron chi connectivity index (χ2n) is 7.92. The van der Waals surface area contributed by atoms with Gasteiger partial charge in [-0.1, -0.05) is 25.7 Å². The fraction of sp³-hybridized carbons (Fsp3) is 0.889. The lowest BCUT2D eigenvalue weighted by Crippen LogP contribution is -2.44. The van der Waals surface area contributed by atoms with E-state index in [9.17, 15) is 8.42 Å². The van der Waals surface area contributed by atoms with Gasteiger partial charge in [0.25, 0.3) is 0 Å². The Morgan fingerprint density at radius 2 is 1.52 bits per heavy atom. The molecule has 1 saturated heterocycles. The van der Waals surface area contributed by atoms with Gasteiger partial charge in [0.2, 0.25) is 10.0 Å². The SMILES string of the molecule is O=S(=O)(C1CCCCC1)N1CCC(c2nnc3n2CCCCC3)CC1. The predicted octanol–water partition coefficient (Wildman–Crippen LogP) is 2.85. The van der Waals surface area contributed by atoms with Crippen molar-refractivity contribution in [2.24, 2.45) is 0 Å². The highest BCUT2D eigenvalue weighted by Crippen LogP contribution is 2.33. The zero-order chi connectivity index (χ0) is 17.3. The molecule has 0 spiro atoms. The lowest BCUT2D eigenvalue weighted by Gasteiger charge is -2.34. The molecule has 0 radical (unpaired) electrons. The van der Waals surface area contributed by atoms with Crippen LogP contribution in [-0.4, -0.2) is 45.8 Å². The molecular weight excluding hydrogens is 336 g/mol. The summed E-state index contributed by atoms with van der Waals surface area (Å²) in [5.74, 6) is 2.59. The number of hydrogen-bond acceptors (Lipinski definition) is 4. The summed E-state index contributed by atoms with van der Waals surface area (Å²) in [6.45, 7) is 2.32. The minimum atomic E-state index is -3.11. The quantitative estimate of drug-likeness (QED) is 0.825. The van der Waals surface area contributed by atoms with Gasteiger partial charge in [-0.05, 0) is 38.5 Å². The van der Waals surface area contributed by atoms with Crippen LogP contribution in [0.25, 0.3) is 0 Å². The van der Waals surface area contributed by atoms with Crippen LogP contribution in [0.15, 0.2) is 0 Å². The lowest BCUT2D eigenvalue weighted by atomic mass is 9.97. The van der Waals surface area contributed by atoms with Crippen molar-refractivity contribution in [1.29, 1.82) is 0 Å². The van der Waals surface area contributed by atoms with Crippen LogP contribution in [0.5, 0.6) is 0 Å². The zero-order valence-electron chi connectivity index (χ0n) is 15.1. The lowest BCUT2D eigenvalue weighted by molar-refractivity contribution is 0.301. The largest absolute Gasteiger partial charge is 0.315 e. The van der Waals surface area contributed by atoms with Gasteiger partial charge in [0, 0.05) is 32.0 Å². The third kappa shape index (κ3) is 3.50. The normalized spacial score (nSPS) is 24.8. The molecule has 1 aromatic rings. The number of rotatable bonds is 3. The minimum absolute atomic E-state index is 0.137. The van der Waals surface area contributed by atoms with Crippen molar-refractivity contribution in [2.45, 2.75) is 88.3 Å². The molecule has 0 atom stereocenters. The van der Waals surface area contributed by atoms with Crippen LogP contribution in [0.3, 0.4) is 0 Å². The molecule has 1 saturated carbocycles. The van der Waals surface area contributed by atoms with Crippen molar-refractivity contribution < 1.29 is 8.42 Å². The Labute approximate surface area is 151 Å². The summed E-state index contributed by atoms with van der Waals surface area (Å²) in [6.07, 6.45) is 11.5. The number of piperidine rings is 1. The van der Waals surface area contributed by atoms with E-state index >= 15 is 0 Å². The Morgan fingerprint density at radius 3 is 2.28 bits per heavy atom. The zero-order valence-corrected chi connectivity index (χ0v) is 15.9. The van der Waals surface area contributed by atoms with Crippen LogP contribution >= 0.6 is 0 Å². The topological polar surface area (TPSA) is 68.1 Å². The van der Waals surface area contributed by atoms with Crippen LogP contribution in [0, 0.1) is 0 Å². The van der Waals surface area contributed by atoms with E-state index < -0.39 is 10.0 Å². The number of aromatic nitrogens is 3. The van der Waals surface area contributed by atoms with Crippen LogP contribution in [0.1, 0.15) is 81.8 Å². The molecule has 1 aromatic heterocycles. The smallest absolute Gasteiger partial charge is 0.216 e. The molecule has 4 rings (SSSR count). The number of hydrogen-bond donors (Lipinski definition) is 0. The molecule has 0 amide bonds. The second kappa shape index (κ2) is 7.35. The van der Waals surface area contributed by atoms with Gasteiger partial charge in [0.1, 0.15) is 11.6 Å². The van der Waals surface area contributed by atoms with Crippen LogP contribution in [-0.2, 0) is 23.0 Å². The monoisotopic (exact) mass is 366 g/mol. The van der Waals surface area contributed by atoms with Crippen LogP contribution < -0.4 is 0 Å². The molecule has 2 aliphatic heterocycles.